The number of nitrogen functional groups attached to an aromatic ring is 1. The van der Waals surface area contributed by atoms with Gasteiger partial charge in [0.2, 0.25) is 11.8 Å². The summed E-state index contributed by atoms with van der Waals surface area (Å²) in [5, 5.41) is 2.60. The first-order valence-electron chi connectivity index (χ1n) is 6.74. The van der Waals surface area contributed by atoms with Crippen molar-refractivity contribution in [2.75, 3.05) is 25.4 Å². The van der Waals surface area contributed by atoms with Gasteiger partial charge in [-0.05, 0) is 36.6 Å². The van der Waals surface area contributed by atoms with Crippen LogP contribution in [0.5, 0.6) is 0 Å². The van der Waals surface area contributed by atoms with Crippen LogP contribution in [0.3, 0.4) is 0 Å². The predicted octanol–water partition coefficient (Wildman–Crippen LogP) is 1.02. The van der Waals surface area contributed by atoms with Gasteiger partial charge in [0.15, 0.2) is 0 Å². The fourth-order valence-corrected chi connectivity index (χ4v) is 2.13. The Hall–Kier alpha value is -2.30. The first-order valence-corrected chi connectivity index (χ1v) is 6.74. The van der Waals surface area contributed by atoms with E-state index in [0.29, 0.717) is 5.69 Å². The molecule has 1 fully saturated rings. The molecule has 1 heterocycles. The Labute approximate surface area is 118 Å². The number of nitrogens with zero attached hydrogens (tertiary/aromatic N) is 1. The molecule has 5 heteroatoms. The summed E-state index contributed by atoms with van der Waals surface area (Å²) in [6, 6.07) is 7.24. The molecule has 1 aromatic carbocycles. The lowest BCUT2D eigenvalue weighted by Crippen LogP contribution is -2.38. The molecule has 0 aliphatic carbocycles. The van der Waals surface area contributed by atoms with Crippen molar-refractivity contribution in [1.82, 2.24) is 10.2 Å². The Morgan fingerprint density at radius 3 is 2.75 bits per heavy atom. The Morgan fingerprint density at radius 2 is 2.05 bits per heavy atom. The van der Waals surface area contributed by atoms with Gasteiger partial charge in [-0.1, -0.05) is 12.1 Å². The molecule has 20 heavy (non-hydrogen) atoms. The van der Waals surface area contributed by atoms with Gasteiger partial charge in [-0.3, -0.25) is 9.59 Å². The van der Waals surface area contributed by atoms with Crippen LogP contribution in [0.25, 0.3) is 6.08 Å². The van der Waals surface area contributed by atoms with Gasteiger partial charge in [0, 0.05) is 24.9 Å². The highest BCUT2D eigenvalue weighted by molar-refractivity contribution is 5.94. The summed E-state index contributed by atoms with van der Waals surface area (Å²) >= 11 is 0. The molecule has 2 rings (SSSR count). The second-order valence-corrected chi connectivity index (χ2v) is 4.81. The minimum Gasteiger partial charge on any atom is -0.399 e. The summed E-state index contributed by atoms with van der Waals surface area (Å²) in [6.07, 6.45) is 5.18. The molecule has 0 spiro atoms. The van der Waals surface area contributed by atoms with Gasteiger partial charge in [0.25, 0.3) is 0 Å². The maximum Gasteiger partial charge on any atom is 0.244 e. The van der Waals surface area contributed by atoms with E-state index in [-0.39, 0.29) is 18.4 Å². The van der Waals surface area contributed by atoms with Crippen LogP contribution < -0.4 is 11.1 Å². The number of benzene rings is 1. The number of hydrogen-bond acceptors (Lipinski definition) is 3. The van der Waals surface area contributed by atoms with Crippen molar-refractivity contribution >= 4 is 23.6 Å². The normalized spacial score (nSPS) is 14.7. The highest BCUT2D eigenvalue weighted by atomic mass is 16.2. The van der Waals surface area contributed by atoms with Crippen molar-refractivity contribution in [1.29, 1.82) is 0 Å². The van der Waals surface area contributed by atoms with Crippen LogP contribution in [0.4, 0.5) is 5.69 Å². The summed E-state index contributed by atoms with van der Waals surface area (Å²) in [5.74, 6) is -0.298. The molecule has 2 amide bonds. The molecule has 0 aromatic heterocycles. The first-order chi connectivity index (χ1) is 9.65. The molecule has 0 unspecified atom stereocenters. The number of anilines is 1. The quantitative estimate of drug-likeness (QED) is 0.635. The second kappa shape index (κ2) is 6.75. The highest BCUT2D eigenvalue weighted by Gasteiger charge is 2.17. The fraction of sp³-hybridized carbons (Fsp3) is 0.333. The standard InChI is InChI=1S/C15H19N3O2/c16-13-5-3-4-12(10-13)6-7-14(19)17-11-15(20)18-8-1-2-9-18/h3-7,10H,1-2,8-9,11,16H2,(H,17,19)/b7-6+. The molecule has 5 nitrogen and oxygen atoms in total. The van der Waals surface area contributed by atoms with Crippen molar-refractivity contribution in [3.8, 4) is 0 Å². The van der Waals surface area contributed by atoms with Gasteiger partial charge in [-0.15, -0.1) is 0 Å². The molecule has 1 saturated heterocycles. The molecule has 0 atom stereocenters. The van der Waals surface area contributed by atoms with Crippen molar-refractivity contribution < 1.29 is 9.59 Å². The predicted molar refractivity (Wildman–Crippen MR) is 78.7 cm³/mol. The molecular formula is C15H19N3O2. The van der Waals surface area contributed by atoms with Crippen LogP contribution >= 0.6 is 0 Å². The number of carbonyl (C=O) groups excluding carboxylic acids is 2. The van der Waals surface area contributed by atoms with Crippen molar-refractivity contribution in [3.05, 3.63) is 35.9 Å². The maximum absolute atomic E-state index is 11.7. The van der Waals surface area contributed by atoms with Crippen LogP contribution in [0.2, 0.25) is 0 Å². The number of hydrogen-bond donors (Lipinski definition) is 2. The summed E-state index contributed by atoms with van der Waals surface area (Å²) < 4.78 is 0. The Bertz CT molecular complexity index is 520. The van der Waals surface area contributed by atoms with Gasteiger partial charge < -0.3 is 16.0 Å². The number of rotatable bonds is 4. The lowest BCUT2D eigenvalue weighted by atomic mass is 10.2. The molecular weight excluding hydrogens is 254 g/mol. The minimum absolute atomic E-state index is 0.0202. The van der Waals surface area contributed by atoms with Gasteiger partial charge in [0.1, 0.15) is 0 Å². The highest BCUT2D eigenvalue weighted by Crippen LogP contribution is 2.08. The molecule has 1 aromatic rings. The van der Waals surface area contributed by atoms with E-state index in [1.54, 1.807) is 23.1 Å². The van der Waals surface area contributed by atoms with E-state index in [2.05, 4.69) is 5.32 Å². The zero-order chi connectivity index (χ0) is 14.4. The van der Waals surface area contributed by atoms with Gasteiger partial charge in [-0.2, -0.15) is 0 Å². The fourth-order valence-electron chi connectivity index (χ4n) is 2.13. The second-order valence-electron chi connectivity index (χ2n) is 4.81. The average Bonchev–Trinajstić information content (AvgIpc) is 2.97. The lowest BCUT2D eigenvalue weighted by molar-refractivity contribution is -0.131. The van der Waals surface area contributed by atoms with Crippen LogP contribution in [-0.2, 0) is 9.59 Å². The molecule has 0 saturated carbocycles. The van der Waals surface area contributed by atoms with Crippen molar-refractivity contribution in [3.63, 3.8) is 0 Å². The van der Waals surface area contributed by atoms with Crippen LogP contribution in [0, 0.1) is 0 Å². The van der Waals surface area contributed by atoms with E-state index in [0.717, 1.165) is 31.5 Å². The van der Waals surface area contributed by atoms with Crippen molar-refractivity contribution in [2.45, 2.75) is 12.8 Å². The number of likely N-dealkylation sites (tertiary alicyclic amines) is 1. The molecule has 0 bridgehead atoms. The summed E-state index contributed by atoms with van der Waals surface area (Å²) in [4.78, 5) is 25.1. The van der Waals surface area contributed by atoms with E-state index in [9.17, 15) is 9.59 Å². The summed E-state index contributed by atoms with van der Waals surface area (Å²) in [5.41, 5.74) is 7.15. The minimum atomic E-state index is -0.278. The average molecular weight is 273 g/mol. The van der Waals surface area contributed by atoms with E-state index in [1.807, 2.05) is 12.1 Å². The summed E-state index contributed by atoms with van der Waals surface area (Å²) in [6.45, 7) is 1.65. The molecule has 106 valence electrons. The molecule has 1 aliphatic rings. The van der Waals surface area contributed by atoms with E-state index in [4.69, 9.17) is 5.73 Å². The van der Waals surface area contributed by atoms with E-state index >= 15 is 0 Å². The number of nitrogens with one attached hydrogen (secondary N) is 1. The van der Waals surface area contributed by atoms with E-state index < -0.39 is 0 Å². The Balaban J connectivity index is 1.79. The zero-order valence-electron chi connectivity index (χ0n) is 11.3. The van der Waals surface area contributed by atoms with Gasteiger partial charge in [-0.25, -0.2) is 0 Å². The third-order valence-electron chi connectivity index (χ3n) is 3.21. The topological polar surface area (TPSA) is 75.4 Å². The SMILES string of the molecule is Nc1cccc(/C=C/C(=O)NCC(=O)N2CCCC2)c1. The smallest absolute Gasteiger partial charge is 0.244 e. The number of carbonyl (C=O) groups is 2. The van der Waals surface area contributed by atoms with Gasteiger partial charge >= 0.3 is 0 Å². The van der Waals surface area contributed by atoms with Crippen molar-refractivity contribution in [2.24, 2.45) is 0 Å². The number of amides is 2. The van der Waals surface area contributed by atoms with E-state index in [1.165, 1.54) is 6.08 Å². The number of nitrogens with two attached hydrogens (primary N) is 1. The van der Waals surface area contributed by atoms with Gasteiger partial charge in [0.05, 0.1) is 6.54 Å². The zero-order valence-corrected chi connectivity index (χ0v) is 11.3. The Kier molecular flexibility index (Phi) is 4.76. The molecule has 1 aliphatic heterocycles. The third kappa shape index (κ3) is 4.12. The lowest BCUT2D eigenvalue weighted by Gasteiger charge is -2.14. The van der Waals surface area contributed by atoms with Crippen LogP contribution in [-0.4, -0.2) is 36.3 Å². The van der Waals surface area contributed by atoms with Crippen LogP contribution in [0.1, 0.15) is 18.4 Å². The molecule has 0 radical (unpaired) electrons. The largest absolute Gasteiger partial charge is 0.399 e. The van der Waals surface area contributed by atoms with Crippen LogP contribution in [0.15, 0.2) is 30.3 Å². The molecule has 3 N–H and O–H groups in total. The summed E-state index contributed by atoms with van der Waals surface area (Å²) in [7, 11) is 0. The first kappa shape index (κ1) is 14.1. The monoisotopic (exact) mass is 273 g/mol. The third-order valence-corrected chi connectivity index (χ3v) is 3.21. The maximum atomic E-state index is 11.7. The Morgan fingerprint density at radius 1 is 1.30 bits per heavy atom.